The third-order valence-corrected chi connectivity index (χ3v) is 3.22. The van der Waals surface area contributed by atoms with Crippen LogP contribution in [0.1, 0.15) is 38.0 Å². The maximum Gasteiger partial charge on any atom is 0.122 e. The Balaban J connectivity index is 1.95. The van der Waals surface area contributed by atoms with Gasteiger partial charge in [0.1, 0.15) is 5.76 Å². The Morgan fingerprint density at radius 1 is 1.44 bits per heavy atom. The van der Waals surface area contributed by atoms with E-state index in [0.717, 1.165) is 18.8 Å². The fourth-order valence-corrected chi connectivity index (χ4v) is 2.36. The molecule has 0 spiro atoms. The van der Waals surface area contributed by atoms with Gasteiger partial charge in [0.15, 0.2) is 0 Å². The van der Waals surface area contributed by atoms with Crippen molar-refractivity contribution in [3.05, 3.63) is 24.2 Å². The average Bonchev–Trinajstić information content (AvgIpc) is 2.97. The second-order valence-corrected chi connectivity index (χ2v) is 4.48. The van der Waals surface area contributed by atoms with Crippen LogP contribution in [0.4, 0.5) is 0 Å². The molecule has 90 valence electrons. The van der Waals surface area contributed by atoms with Crippen LogP contribution in [-0.4, -0.2) is 31.1 Å². The summed E-state index contributed by atoms with van der Waals surface area (Å²) in [5.41, 5.74) is 0. The fourth-order valence-electron chi connectivity index (χ4n) is 2.36. The highest BCUT2D eigenvalue weighted by Gasteiger charge is 2.24. The van der Waals surface area contributed by atoms with Crippen LogP contribution >= 0.6 is 0 Å². The number of hydrogen-bond acceptors (Lipinski definition) is 3. The molecule has 2 heterocycles. The molecule has 1 aromatic heterocycles. The lowest BCUT2D eigenvalue weighted by atomic mass is 10.2. The van der Waals surface area contributed by atoms with Crippen LogP contribution in [0.15, 0.2) is 22.8 Å². The molecule has 3 nitrogen and oxygen atoms in total. The molecule has 2 rings (SSSR count). The van der Waals surface area contributed by atoms with Crippen molar-refractivity contribution in [1.29, 1.82) is 0 Å². The third kappa shape index (κ3) is 2.86. The van der Waals surface area contributed by atoms with Gasteiger partial charge in [-0.05, 0) is 51.0 Å². The Morgan fingerprint density at radius 3 is 2.88 bits per heavy atom. The number of nitrogens with zero attached hydrogens (tertiary/aromatic N) is 1. The van der Waals surface area contributed by atoms with Gasteiger partial charge in [0.25, 0.3) is 0 Å². The van der Waals surface area contributed by atoms with Gasteiger partial charge in [0.05, 0.1) is 12.3 Å². The zero-order chi connectivity index (χ0) is 11.2. The van der Waals surface area contributed by atoms with E-state index in [-0.39, 0.29) is 0 Å². The third-order valence-electron chi connectivity index (χ3n) is 3.22. The zero-order valence-electron chi connectivity index (χ0n) is 10.1. The first kappa shape index (κ1) is 11.7. The second-order valence-electron chi connectivity index (χ2n) is 4.48. The van der Waals surface area contributed by atoms with Crippen LogP contribution in [0.3, 0.4) is 0 Å². The number of rotatable bonds is 6. The highest BCUT2D eigenvalue weighted by atomic mass is 16.3. The molecule has 1 aliphatic heterocycles. The first-order valence-corrected chi connectivity index (χ1v) is 6.40. The highest BCUT2D eigenvalue weighted by Crippen LogP contribution is 2.24. The largest absolute Gasteiger partial charge is 0.468 e. The number of nitrogens with one attached hydrogen (secondary N) is 1. The predicted molar refractivity (Wildman–Crippen MR) is 65.4 cm³/mol. The van der Waals surface area contributed by atoms with E-state index in [9.17, 15) is 0 Å². The molecule has 1 atom stereocenters. The molecular formula is C13H22N2O. The molecule has 1 unspecified atom stereocenters. The first-order valence-electron chi connectivity index (χ1n) is 6.40. The lowest BCUT2D eigenvalue weighted by Gasteiger charge is -2.26. The summed E-state index contributed by atoms with van der Waals surface area (Å²) in [6.45, 7) is 6.70. The highest BCUT2D eigenvalue weighted by molar-refractivity contribution is 5.06. The monoisotopic (exact) mass is 222 g/mol. The van der Waals surface area contributed by atoms with E-state index in [1.165, 1.54) is 32.4 Å². The minimum absolute atomic E-state index is 0.420. The number of furan rings is 1. The maximum absolute atomic E-state index is 5.56. The molecule has 1 N–H and O–H groups in total. The normalized spacial score (nSPS) is 19.1. The van der Waals surface area contributed by atoms with Crippen molar-refractivity contribution in [3.8, 4) is 0 Å². The van der Waals surface area contributed by atoms with Gasteiger partial charge >= 0.3 is 0 Å². The smallest absolute Gasteiger partial charge is 0.122 e. The summed E-state index contributed by atoms with van der Waals surface area (Å²) in [7, 11) is 0. The number of hydrogen-bond donors (Lipinski definition) is 1. The van der Waals surface area contributed by atoms with Gasteiger partial charge in [-0.3, -0.25) is 4.90 Å². The molecule has 0 aliphatic carbocycles. The van der Waals surface area contributed by atoms with Crippen LogP contribution in [0, 0.1) is 0 Å². The molecule has 1 fully saturated rings. The van der Waals surface area contributed by atoms with Gasteiger partial charge in [-0.15, -0.1) is 0 Å². The Kier molecular flexibility index (Phi) is 4.43. The van der Waals surface area contributed by atoms with Crippen LogP contribution in [0.2, 0.25) is 0 Å². The lowest BCUT2D eigenvalue weighted by Crippen LogP contribution is -2.34. The predicted octanol–water partition coefficient (Wildman–Crippen LogP) is 2.42. The maximum atomic E-state index is 5.56. The van der Waals surface area contributed by atoms with Crippen LogP contribution in [-0.2, 0) is 0 Å². The van der Waals surface area contributed by atoms with E-state index >= 15 is 0 Å². The van der Waals surface area contributed by atoms with Gasteiger partial charge in [-0.2, -0.15) is 0 Å². The summed E-state index contributed by atoms with van der Waals surface area (Å²) in [5, 5.41) is 3.50. The van der Waals surface area contributed by atoms with E-state index in [0.29, 0.717) is 6.04 Å². The summed E-state index contributed by atoms with van der Waals surface area (Å²) >= 11 is 0. The molecule has 1 saturated heterocycles. The van der Waals surface area contributed by atoms with E-state index in [1.54, 1.807) is 6.26 Å². The Hall–Kier alpha value is -0.800. The SMILES string of the molecule is CCCNCC(c1ccco1)N1CCCC1. The minimum atomic E-state index is 0.420. The van der Waals surface area contributed by atoms with Crippen LogP contribution in [0.25, 0.3) is 0 Å². The summed E-state index contributed by atoms with van der Waals surface area (Å²) < 4.78 is 5.56. The fraction of sp³-hybridized carbons (Fsp3) is 0.692. The van der Waals surface area contributed by atoms with E-state index in [4.69, 9.17) is 4.42 Å². The van der Waals surface area contributed by atoms with Gasteiger partial charge in [0.2, 0.25) is 0 Å². The summed E-state index contributed by atoms with van der Waals surface area (Å²) in [6.07, 6.45) is 5.61. The van der Waals surface area contributed by atoms with Crippen molar-refractivity contribution in [1.82, 2.24) is 10.2 Å². The van der Waals surface area contributed by atoms with Crippen molar-refractivity contribution in [3.63, 3.8) is 0 Å². The van der Waals surface area contributed by atoms with Crippen molar-refractivity contribution in [2.45, 2.75) is 32.2 Å². The summed E-state index contributed by atoms with van der Waals surface area (Å²) in [6, 6.07) is 4.50. The molecular weight excluding hydrogens is 200 g/mol. The van der Waals surface area contributed by atoms with E-state index < -0.39 is 0 Å². The van der Waals surface area contributed by atoms with Gasteiger partial charge in [-0.1, -0.05) is 6.92 Å². The quantitative estimate of drug-likeness (QED) is 0.749. The standard InChI is InChI=1S/C13H22N2O/c1-2-7-14-11-12(13-6-5-10-16-13)15-8-3-4-9-15/h5-6,10,12,14H,2-4,7-9,11H2,1H3. The molecule has 0 saturated carbocycles. The molecule has 16 heavy (non-hydrogen) atoms. The number of likely N-dealkylation sites (tertiary alicyclic amines) is 1. The van der Waals surface area contributed by atoms with Crippen molar-refractivity contribution in [2.24, 2.45) is 0 Å². The van der Waals surface area contributed by atoms with E-state index in [1.807, 2.05) is 6.07 Å². The molecule has 0 radical (unpaired) electrons. The molecule has 0 aromatic carbocycles. The van der Waals surface area contributed by atoms with Gasteiger partial charge < -0.3 is 9.73 Å². The van der Waals surface area contributed by atoms with Crippen LogP contribution < -0.4 is 5.32 Å². The van der Waals surface area contributed by atoms with Crippen molar-refractivity contribution < 1.29 is 4.42 Å². The molecule has 0 bridgehead atoms. The van der Waals surface area contributed by atoms with Gasteiger partial charge in [0, 0.05) is 6.54 Å². The molecule has 0 amide bonds. The van der Waals surface area contributed by atoms with Gasteiger partial charge in [-0.25, -0.2) is 0 Å². The Bertz CT molecular complexity index is 278. The Morgan fingerprint density at radius 2 is 2.25 bits per heavy atom. The zero-order valence-corrected chi connectivity index (χ0v) is 10.1. The minimum Gasteiger partial charge on any atom is -0.468 e. The topological polar surface area (TPSA) is 28.4 Å². The van der Waals surface area contributed by atoms with Crippen LogP contribution in [0.5, 0.6) is 0 Å². The molecule has 1 aliphatic rings. The van der Waals surface area contributed by atoms with Crippen molar-refractivity contribution >= 4 is 0 Å². The van der Waals surface area contributed by atoms with Crippen molar-refractivity contribution in [2.75, 3.05) is 26.2 Å². The Labute approximate surface area is 97.8 Å². The summed E-state index contributed by atoms with van der Waals surface area (Å²) in [5.74, 6) is 1.10. The van der Waals surface area contributed by atoms with E-state index in [2.05, 4.69) is 23.2 Å². The summed E-state index contributed by atoms with van der Waals surface area (Å²) in [4.78, 5) is 2.53. The molecule has 1 aromatic rings. The first-order chi connectivity index (χ1) is 7.92. The second kappa shape index (κ2) is 6.06. The lowest BCUT2D eigenvalue weighted by molar-refractivity contribution is 0.210. The average molecular weight is 222 g/mol. The molecule has 3 heteroatoms.